The van der Waals surface area contributed by atoms with E-state index in [0.717, 1.165) is 39.1 Å². The molecule has 314 valence electrons. The van der Waals surface area contributed by atoms with Gasteiger partial charge in [-0.25, -0.2) is 9.97 Å². The van der Waals surface area contributed by atoms with E-state index < -0.39 is 23.6 Å². The Morgan fingerprint density at radius 2 is 1.57 bits per heavy atom. The van der Waals surface area contributed by atoms with Gasteiger partial charge in [-0.1, -0.05) is 23.5 Å². The van der Waals surface area contributed by atoms with Gasteiger partial charge in [-0.05, 0) is 64.4 Å². The van der Waals surface area contributed by atoms with Gasteiger partial charge in [0.2, 0.25) is 17.8 Å². The minimum Gasteiger partial charge on any atom is -0.491 e. The lowest BCUT2D eigenvalue weighted by Gasteiger charge is -2.27. The zero-order valence-corrected chi connectivity index (χ0v) is 34.8. The number of amides is 4. The van der Waals surface area contributed by atoms with Crippen LogP contribution in [0.25, 0.3) is 21.4 Å². The number of benzene rings is 1. The number of allylic oxidation sites excluding steroid dienone is 2. The molecule has 20 heteroatoms. The number of ether oxygens (including phenoxy) is 1. The number of nitrogens with zero attached hydrogens (tertiary/aromatic N) is 10. The molecule has 1 saturated heterocycles. The zero-order valence-electron chi connectivity index (χ0n) is 34.0. The monoisotopic (exact) mass is 836 g/mol. The van der Waals surface area contributed by atoms with E-state index in [9.17, 15) is 19.2 Å². The fourth-order valence-electron chi connectivity index (χ4n) is 7.10. The molecule has 4 amide bonds. The number of imidazole rings is 1. The summed E-state index contributed by atoms with van der Waals surface area (Å²) in [5.41, 5.74) is 15.3. The molecule has 0 bridgehead atoms. The van der Waals surface area contributed by atoms with E-state index in [1.807, 2.05) is 39.8 Å². The number of thiazole rings is 1. The second-order valence-electron chi connectivity index (χ2n) is 14.3. The van der Waals surface area contributed by atoms with Crippen molar-refractivity contribution in [1.29, 1.82) is 0 Å². The normalized spacial score (nSPS) is 13.8. The highest BCUT2D eigenvalue weighted by atomic mass is 32.1. The Balaban J connectivity index is 1.24. The first-order chi connectivity index (χ1) is 28.9. The number of carbonyl (C=O) groups is 4. The largest absolute Gasteiger partial charge is 0.491 e. The topological polar surface area (TPSA) is 240 Å². The van der Waals surface area contributed by atoms with Crippen molar-refractivity contribution in [1.82, 2.24) is 48.9 Å². The van der Waals surface area contributed by atoms with Crippen molar-refractivity contribution in [2.45, 2.75) is 60.3 Å². The molecule has 60 heavy (non-hydrogen) atoms. The minimum absolute atomic E-state index is 0.202. The van der Waals surface area contributed by atoms with E-state index in [2.05, 4.69) is 35.7 Å². The van der Waals surface area contributed by atoms with Crippen LogP contribution in [0, 0.1) is 13.8 Å². The molecule has 19 nitrogen and oxygen atoms in total. The highest BCUT2D eigenvalue weighted by Gasteiger charge is 2.22. The molecule has 7 rings (SSSR count). The second-order valence-corrected chi connectivity index (χ2v) is 15.3. The van der Waals surface area contributed by atoms with Gasteiger partial charge in [0.25, 0.3) is 11.8 Å². The van der Waals surface area contributed by atoms with Crippen LogP contribution < -0.4 is 31.6 Å². The molecule has 6 N–H and O–H groups in total. The van der Waals surface area contributed by atoms with Crippen LogP contribution in [0.5, 0.6) is 5.75 Å². The molecule has 0 unspecified atom stereocenters. The molecule has 1 fully saturated rings. The van der Waals surface area contributed by atoms with Crippen molar-refractivity contribution < 1.29 is 23.9 Å². The van der Waals surface area contributed by atoms with Gasteiger partial charge in [-0.3, -0.25) is 38.4 Å². The Hall–Kier alpha value is -6.51. The van der Waals surface area contributed by atoms with Crippen molar-refractivity contribution in [3.63, 3.8) is 0 Å². The van der Waals surface area contributed by atoms with Crippen LogP contribution in [0.4, 0.5) is 5.95 Å². The van der Waals surface area contributed by atoms with Gasteiger partial charge in [0.1, 0.15) is 22.7 Å². The molecular formula is C40H48N14O5S. The molecule has 5 aromatic heterocycles. The number of pyridine rings is 1. The van der Waals surface area contributed by atoms with Gasteiger partial charge in [0.05, 0.1) is 33.8 Å². The van der Waals surface area contributed by atoms with E-state index in [-0.39, 0.29) is 30.2 Å². The lowest BCUT2D eigenvalue weighted by Crippen LogP contribution is -2.43. The van der Waals surface area contributed by atoms with Crippen LogP contribution in [-0.2, 0) is 26.2 Å². The number of hydrogen-bond donors (Lipinski definition) is 4. The molecule has 6 aromatic rings. The summed E-state index contributed by atoms with van der Waals surface area (Å²) < 4.78 is 13.8. The third-order valence-electron chi connectivity index (χ3n) is 10.0. The summed E-state index contributed by atoms with van der Waals surface area (Å²) in [5.74, 6) is -1.55. The van der Waals surface area contributed by atoms with E-state index in [0.29, 0.717) is 74.4 Å². The summed E-state index contributed by atoms with van der Waals surface area (Å²) in [4.78, 5) is 68.3. The van der Waals surface area contributed by atoms with Crippen LogP contribution in [0.1, 0.15) is 73.3 Å². The van der Waals surface area contributed by atoms with E-state index in [1.165, 1.54) is 17.5 Å². The number of carbonyl (C=O) groups excluding carboxylic acids is 4. The highest BCUT2D eigenvalue weighted by Crippen LogP contribution is 2.31. The molecule has 0 aliphatic carbocycles. The molecule has 0 spiro atoms. The molecule has 1 aliphatic heterocycles. The smallest absolute Gasteiger partial charge is 0.297 e. The van der Waals surface area contributed by atoms with Gasteiger partial charge in [-0.2, -0.15) is 15.2 Å². The van der Waals surface area contributed by atoms with Gasteiger partial charge >= 0.3 is 0 Å². The van der Waals surface area contributed by atoms with Crippen LogP contribution >= 0.6 is 11.3 Å². The molecule has 0 atom stereocenters. The van der Waals surface area contributed by atoms with Crippen molar-refractivity contribution in [3.8, 4) is 5.75 Å². The van der Waals surface area contributed by atoms with E-state index in [4.69, 9.17) is 21.2 Å². The Labute approximate surface area is 348 Å². The Bertz CT molecular complexity index is 2690. The number of rotatable bonds is 16. The lowest BCUT2D eigenvalue weighted by molar-refractivity contribution is 0.0982. The maximum atomic E-state index is 13.8. The van der Waals surface area contributed by atoms with Gasteiger partial charge in [0, 0.05) is 70.7 Å². The van der Waals surface area contributed by atoms with Crippen molar-refractivity contribution in [2.24, 2.45) is 16.5 Å². The number of fused-ring (bicyclic) bond motifs is 2. The number of nitrogens with two attached hydrogens (primary N) is 2. The number of hydrogen-bond acceptors (Lipinski definition) is 12. The van der Waals surface area contributed by atoms with E-state index >= 15 is 0 Å². The first-order valence-corrected chi connectivity index (χ1v) is 20.6. The molecule has 0 saturated carbocycles. The van der Waals surface area contributed by atoms with Crippen LogP contribution in [0.2, 0.25) is 0 Å². The third kappa shape index (κ3) is 9.04. The summed E-state index contributed by atoms with van der Waals surface area (Å²) in [7, 11) is 0. The molecule has 1 aromatic carbocycles. The summed E-state index contributed by atoms with van der Waals surface area (Å²) in [6.07, 6.45) is 5.89. The quantitative estimate of drug-likeness (QED) is 0.0816. The number of anilines is 1. The molecular weight excluding hydrogens is 789 g/mol. The van der Waals surface area contributed by atoms with Crippen molar-refractivity contribution in [3.05, 3.63) is 87.4 Å². The predicted octanol–water partition coefficient (Wildman–Crippen LogP) is 2.62. The van der Waals surface area contributed by atoms with E-state index in [1.54, 1.807) is 48.8 Å². The summed E-state index contributed by atoms with van der Waals surface area (Å²) in [5, 5.41) is 15.1. The second kappa shape index (κ2) is 18.2. The van der Waals surface area contributed by atoms with Gasteiger partial charge in [-0.15, -0.1) is 0 Å². The average molecular weight is 837 g/mol. The van der Waals surface area contributed by atoms with Gasteiger partial charge in [0.15, 0.2) is 10.4 Å². The number of aryl methyl sites for hydroxylation is 4. The maximum Gasteiger partial charge on any atom is 0.297 e. The molecule has 1 aliphatic rings. The zero-order chi connectivity index (χ0) is 42.5. The number of aromatic nitrogens is 8. The number of piperazine rings is 1. The summed E-state index contributed by atoms with van der Waals surface area (Å²) in [6.45, 7) is 13.8. The standard InChI is InChI=1S/C40H48N14O5S/c1-5-53-29(18-24(3)48-53)37(57)46-39-45-28-20-26(34(41)55)21-31(59-17-9-12-50-15-10-43-11-16-50)33(28)51(39)13-7-8-14-52-36-32(22-27(23-44-36)35(42)56)60-40(52)47-38(58)30-19-25(4)49-54(30)6-2/h7-8,18-23,43H,5-6,9-17H2,1-4H3,(H2,41,55)(H2,42,56)(H,45,46,57)/b8-7+,47-40?. The Kier molecular flexibility index (Phi) is 12.6. The number of primary amides is 2. The molecule has 6 heterocycles. The highest BCUT2D eigenvalue weighted by molar-refractivity contribution is 7.16. The van der Waals surface area contributed by atoms with Crippen molar-refractivity contribution in [2.75, 3.05) is 44.6 Å². The fourth-order valence-corrected chi connectivity index (χ4v) is 8.14. The molecule has 0 radical (unpaired) electrons. The summed E-state index contributed by atoms with van der Waals surface area (Å²) >= 11 is 1.20. The fraction of sp³-hybridized carbons (Fsp3) is 0.375. The third-order valence-corrected chi connectivity index (χ3v) is 11.0. The maximum absolute atomic E-state index is 13.8. The Morgan fingerprint density at radius 1 is 0.900 bits per heavy atom. The van der Waals surface area contributed by atoms with Gasteiger partial charge < -0.3 is 31.0 Å². The SMILES string of the molecule is CCn1nc(C)cc1C(=O)N=c1sc2cc(C(N)=O)cnc2n1C/C=C/Cn1c(NC(=O)c2cc(C)nn2CC)nc2cc(C(N)=O)cc(OCCCN3CCNCC3)c21. The van der Waals surface area contributed by atoms with Crippen LogP contribution in [0.15, 0.2) is 53.7 Å². The summed E-state index contributed by atoms with van der Waals surface area (Å²) in [6, 6.07) is 8.21. The number of nitrogens with one attached hydrogen (secondary N) is 2. The lowest BCUT2D eigenvalue weighted by atomic mass is 10.1. The van der Waals surface area contributed by atoms with Crippen LogP contribution in [-0.4, -0.2) is 107 Å². The predicted molar refractivity (Wildman–Crippen MR) is 226 cm³/mol. The average Bonchev–Trinajstić information content (AvgIpc) is 4.00. The first kappa shape index (κ1) is 41.6. The van der Waals surface area contributed by atoms with Crippen molar-refractivity contribution >= 4 is 62.3 Å². The minimum atomic E-state index is -0.643. The Morgan fingerprint density at radius 3 is 2.25 bits per heavy atom. The van der Waals surface area contributed by atoms with Crippen LogP contribution in [0.3, 0.4) is 0 Å². The first-order valence-electron chi connectivity index (χ1n) is 19.8.